The molecule has 0 heterocycles. The molecule has 0 aromatic rings. The number of hydrogen-bond donors (Lipinski definition) is 1. The van der Waals surface area contributed by atoms with E-state index in [2.05, 4.69) is 31.0 Å². The average molecular weight is 246 g/mol. The molecule has 17 heavy (non-hydrogen) atoms. The topological polar surface area (TPSA) is 33.7 Å². The highest BCUT2D eigenvalue weighted by atomic mass is 16.5. The molecular weight excluding hydrogens is 216 g/mol. The Morgan fingerprint density at radius 3 is 2.41 bits per heavy atom. The Hall–Kier alpha value is -0.160. The fourth-order valence-corrected chi connectivity index (χ4v) is 1.78. The third-order valence-corrected chi connectivity index (χ3v) is 2.77. The first-order valence-electron chi connectivity index (χ1n) is 6.69. The van der Waals surface area contributed by atoms with E-state index in [1.54, 1.807) is 7.11 Å². The first-order valence-corrected chi connectivity index (χ1v) is 6.69. The average Bonchev–Trinajstić information content (AvgIpc) is 2.30. The smallest absolute Gasteiger partial charge is 0.0630 e. The van der Waals surface area contributed by atoms with Crippen LogP contribution in [0.1, 0.15) is 27.7 Å². The second-order valence-electron chi connectivity index (χ2n) is 4.50. The Bertz CT molecular complexity index is 165. The molecule has 0 aromatic heterocycles. The minimum absolute atomic E-state index is 0.424. The van der Waals surface area contributed by atoms with Crippen LogP contribution in [0.15, 0.2) is 0 Å². The molecule has 0 bridgehead atoms. The largest absolute Gasteiger partial charge is 0.383 e. The Balaban J connectivity index is 4.09. The lowest BCUT2D eigenvalue weighted by Crippen LogP contribution is -2.47. The van der Waals surface area contributed by atoms with Crippen LogP contribution in [-0.4, -0.2) is 63.5 Å². The van der Waals surface area contributed by atoms with Crippen molar-refractivity contribution in [1.29, 1.82) is 0 Å². The number of hydrogen-bond acceptors (Lipinski definition) is 4. The zero-order valence-corrected chi connectivity index (χ0v) is 12.2. The molecule has 0 spiro atoms. The van der Waals surface area contributed by atoms with Crippen molar-refractivity contribution in [1.82, 2.24) is 10.2 Å². The van der Waals surface area contributed by atoms with Gasteiger partial charge in [-0.15, -0.1) is 0 Å². The number of rotatable bonds is 11. The Morgan fingerprint density at radius 1 is 1.24 bits per heavy atom. The number of nitrogens with one attached hydrogen (secondary N) is 1. The van der Waals surface area contributed by atoms with Crippen molar-refractivity contribution in [2.24, 2.45) is 0 Å². The van der Waals surface area contributed by atoms with Crippen molar-refractivity contribution < 1.29 is 9.47 Å². The van der Waals surface area contributed by atoms with Gasteiger partial charge in [-0.2, -0.15) is 0 Å². The summed E-state index contributed by atoms with van der Waals surface area (Å²) in [5, 5.41) is 3.47. The predicted molar refractivity (Wildman–Crippen MR) is 72.5 cm³/mol. The highest BCUT2D eigenvalue weighted by Gasteiger charge is 2.16. The summed E-state index contributed by atoms with van der Waals surface area (Å²) in [7, 11) is 1.76. The molecule has 0 aromatic carbocycles. The molecule has 0 rings (SSSR count). The van der Waals surface area contributed by atoms with Crippen molar-refractivity contribution in [3.05, 3.63) is 0 Å². The third-order valence-electron chi connectivity index (χ3n) is 2.77. The molecule has 1 unspecified atom stereocenters. The second-order valence-corrected chi connectivity index (χ2v) is 4.50. The summed E-state index contributed by atoms with van der Waals surface area (Å²) in [6.45, 7) is 13.9. The first-order chi connectivity index (χ1) is 8.15. The van der Waals surface area contributed by atoms with Crippen LogP contribution in [0.4, 0.5) is 0 Å². The van der Waals surface area contributed by atoms with Gasteiger partial charge in [0, 0.05) is 38.9 Å². The number of nitrogens with zero attached hydrogens (tertiary/aromatic N) is 1. The predicted octanol–water partition coefficient (Wildman–Crippen LogP) is 1.36. The van der Waals surface area contributed by atoms with Gasteiger partial charge in [-0.1, -0.05) is 20.8 Å². The van der Waals surface area contributed by atoms with E-state index in [4.69, 9.17) is 9.47 Å². The van der Waals surface area contributed by atoms with Gasteiger partial charge in [0.1, 0.15) is 0 Å². The fraction of sp³-hybridized carbons (Fsp3) is 1.00. The zero-order chi connectivity index (χ0) is 13.1. The van der Waals surface area contributed by atoms with E-state index in [0.29, 0.717) is 12.1 Å². The highest BCUT2D eigenvalue weighted by Crippen LogP contribution is 2.00. The number of likely N-dealkylation sites (N-methyl/N-ethyl adjacent to an activating group) is 1. The lowest BCUT2D eigenvalue weighted by atomic mass is 10.2. The standard InChI is InChI=1S/C13H30N2O2/c1-6-15(8-9-17-7-2)13(11-16-5)10-14-12(3)4/h12-14H,6-11H2,1-5H3. The molecule has 0 saturated heterocycles. The van der Waals surface area contributed by atoms with Crippen molar-refractivity contribution in [2.45, 2.75) is 39.8 Å². The van der Waals surface area contributed by atoms with E-state index in [9.17, 15) is 0 Å². The molecular formula is C13H30N2O2. The van der Waals surface area contributed by atoms with E-state index in [1.165, 1.54) is 0 Å². The monoisotopic (exact) mass is 246 g/mol. The lowest BCUT2D eigenvalue weighted by molar-refractivity contribution is 0.0596. The molecule has 0 aliphatic rings. The van der Waals surface area contributed by atoms with Crippen LogP contribution in [0.5, 0.6) is 0 Å². The molecule has 0 saturated carbocycles. The Kier molecular flexibility index (Phi) is 10.9. The first kappa shape index (κ1) is 16.8. The molecule has 0 aliphatic heterocycles. The maximum absolute atomic E-state index is 5.42. The minimum Gasteiger partial charge on any atom is -0.383 e. The summed E-state index contributed by atoms with van der Waals surface area (Å²) in [6.07, 6.45) is 0. The minimum atomic E-state index is 0.424. The SMILES string of the molecule is CCOCCN(CC)C(CNC(C)C)COC. The van der Waals surface area contributed by atoms with E-state index < -0.39 is 0 Å². The summed E-state index contributed by atoms with van der Waals surface area (Å²) < 4.78 is 10.7. The summed E-state index contributed by atoms with van der Waals surface area (Å²) in [4.78, 5) is 2.41. The molecule has 0 radical (unpaired) electrons. The normalized spacial score (nSPS) is 13.6. The Labute approximate surface area is 107 Å². The van der Waals surface area contributed by atoms with E-state index >= 15 is 0 Å². The lowest BCUT2D eigenvalue weighted by Gasteiger charge is -2.31. The molecule has 1 N–H and O–H groups in total. The summed E-state index contributed by atoms with van der Waals surface area (Å²) in [6, 6.07) is 0.938. The van der Waals surface area contributed by atoms with Crippen LogP contribution in [0, 0.1) is 0 Å². The van der Waals surface area contributed by atoms with Crippen molar-refractivity contribution in [3.8, 4) is 0 Å². The van der Waals surface area contributed by atoms with Gasteiger partial charge in [0.25, 0.3) is 0 Å². The van der Waals surface area contributed by atoms with E-state index in [-0.39, 0.29) is 0 Å². The summed E-state index contributed by atoms with van der Waals surface area (Å²) in [5.41, 5.74) is 0. The molecule has 0 aliphatic carbocycles. The quantitative estimate of drug-likeness (QED) is 0.558. The van der Waals surface area contributed by atoms with Gasteiger partial charge in [-0.05, 0) is 13.5 Å². The maximum Gasteiger partial charge on any atom is 0.0630 e. The number of ether oxygens (including phenoxy) is 2. The highest BCUT2D eigenvalue weighted by molar-refractivity contribution is 4.74. The van der Waals surface area contributed by atoms with Crippen molar-refractivity contribution >= 4 is 0 Å². The van der Waals surface area contributed by atoms with Crippen LogP contribution >= 0.6 is 0 Å². The molecule has 4 nitrogen and oxygen atoms in total. The van der Waals surface area contributed by atoms with Crippen LogP contribution < -0.4 is 5.32 Å². The van der Waals surface area contributed by atoms with Crippen molar-refractivity contribution in [2.75, 3.05) is 46.6 Å². The van der Waals surface area contributed by atoms with Gasteiger partial charge in [-0.25, -0.2) is 0 Å². The van der Waals surface area contributed by atoms with Gasteiger partial charge in [0.15, 0.2) is 0 Å². The molecule has 0 fully saturated rings. The van der Waals surface area contributed by atoms with Crippen LogP contribution in [0.3, 0.4) is 0 Å². The number of methoxy groups -OCH3 is 1. The zero-order valence-electron chi connectivity index (χ0n) is 12.2. The van der Waals surface area contributed by atoms with Gasteiger partial charge >= 0.3 is 0 Å². The molecule has 4 heteroatoms. The van der Waals surface area contributed by atoms with E-state index in [0.717, 1.165) is 39.5 Å². The van der Waals surface area contributed by atoms with Gasteiger partial charge < -0.3 is 14.8 Å². The van der Waals surface area contributed by atoms with E-state index in [1.807, 2.05) is 6.92 Å². The van der Waals surface area contributed by atoms with Gasteiger partial charge in [0.2, 0.25) is 0 Å². The van der Waals surface area contributed by atoms with Crippen LogP contribution in [-0.2, 0) is 9.47 Å². The Morgan fingerprint density at radius 2 is 1.94 bits per heavy atom. The van der Waals surface area contributed by atoms with Crippen LogP contribution in [0.2, 0.25) is 0 Å². The maximum atomic E-state index is 5.42. The summed E-state index contributed by atoms with van der Waals surface area (Å²) >= 11 is 0. The fourth-order valence-electron chi connectivity index (χ4n) is 1.78. The van der Waals surface area contributed by atoms with Crippen molar-refractivity contribution in [3.63, 3.8) is 0 Å². The van der Waals surface area contributed by atoms with Gasteiger partial charge in [-0.3, -0.25) is 4.90 Å². The summed E-state index contributed by atoms with van der Waals surface area (Å²) in [5.74, 6) is 0. The van der Waals surface area contributed by atoms with Gasteiger partial charge in [0.05, 0.1) is 13.2 Å². The molecule has 104 valence electrons. The molecule has 0 amide bonds. The molecule has 1 atom stereocenters. The second kappa shape index (κ2) is 11.0. The third kappa shape index (κ3) is 8.55. The van der Waals surface area contributed by atoms with Crippen LogP contribution in [0.25, 0.3) is 0 Å².